The number of nitrogens with one attached hydrogen (secondary N) is 2. The summed E-state index contributed by atoms with van der Waals surface area (Å²) in [6, 6.07) is 50.3. The number of amides is 4. The molecule has 8 aromatic carbocycles. The molecule has 4 fully saturated rings. The number of carbonyl (C=O) groups is 5. The summed E-state index contributed by atoms with van der Waals surface area (Å²) in [5.41, 5.74) is 10.2. The van der Waals surface area contributed by atoms with E-state index in [-0.39, 0.29) is 66.2 Å². The van der Waals surface area contributed by atoms with Crippen LogP contribution in [0, 0.1) is 10.1 Å². The molecule has 3 unspecified atom stereocenters. The second-order valence-corrected chi connectivity index (χ2v) is 28.0. The lowest BCUT2D eigenvalue weighted by molar-refractivity contribution is -0.385. The third-order valence-corrected chi connectivity index (χ3v) is 20.1. The molecule has 3 N–H and O–H groups in total. The van der Waals surface area contributed by atoms with Crippen LogP contribution in [0.4, 0.5) is 22.7 Å². The van der Waals surface area contributed by atoms with E-state index in [1.165, 1.54) is 31.3 Å². The first-order valence-electron chi connectivity index (χ1n) is 36.1. The number of aldehydes is 1. The van der Waals surface area contributed by atoms with Gasteiger partial charge in [0.15, 0.2) is 52.2 Å². The van der Waals surface area contributed by atoms with Gasteiger partial charge in [0.05, 0.1) is 97.3 Å². The molecular formula is C85H86N8O19S. The van der Waals surface area contributed by atoms with Crippen molar-refractivity contribution in [2.24, 2.45) is 4.99 Å². The smallest absolute Gasteiger partial charge is 0.304 e. The van der Waals surface area contributed by atoms with Gasteiger partial charge in [0.1, 0.15) is 44.5 Å². The molecule has 7 aliphatic heterocycles. The molecule has 0 bridgehead atoms. The predicted molar refractivity (Wildman–Crippen MR) is 424 cm³/mol. The minimum Gasteiger partial charge on any atom is -0.493 e. The number of likely N-dealkylation sites (tertiary alicyclic amines) is 1. The Morgan fingerprint density at radius 1 is 0.522 bits per heavy atom. The number of hydrogen-bond donors (Lipinski definition) is 3. The van der Waals surface area contributed by atoms with Crippen molar-refractivity contribution in [3.8, 4) is 46.0 Å². The number of nitro groups is 1. The van der Waals surface area contributed by atoms with Crippen molar-refractivity contribution in [2.45, 2.75) is 88.7 Å². The van der Waals surface area contributed by atoms with Crippen molar-refractivity contribution in [3.05, 3.63) is 273 Å². The van der Waals surface area contributed by atoms with E-state index >= 15 is 0 Å². The van der Waals surface area contributed by atoms with E-state index in [0.717, 1.165) is 51.8 Å². The van der Waals surface area contributed by atoms with E-state index in [4.69, 9.17) is 46.8 Å². The van der Waals surface area contributed by atoms with Gasteiger partial charge < -0.3 is 77.7 Å². The maximum absolute atomic E-state index is 13.2. The first-order chi connectivity index (χ1) is 54.6. The third kappa shape index (κ3) is 18.7. The lowest BCUT2D eigenvalue weighted by Gasteiger charge is -2.27. The summed E-state index contributed by atoms with van der Waals surface area (Å²) >= 11 is -2.51. The van der Waals surface area contributed by atoms with Gasteiger partial charge in [-0.05, 0) is 66.1 Å². The van der Waals surface area contributed by atoms with Gasteiger partial charge in [-0.25, -0.2) is 4.18 Å². The van der Waals surface area contributed by atoms with Crippen LogP contribution < -0.4 is 48.5 Å². The van der Waals surface area contributed by atoms with Crippen LogP contribution in [0.1, 0.15) is 89.4 Å². The van der Waals surface area contributed by atoms with Crippen LogP contribution in [-0.2, 0) is 51.5 Å². The van der Waals surface area contributed by atoms with E-state index < -0.39 is 46.2 Å². The second-order valence-electron chi connectivity index (χ2n) is 27.4. The first-order valence-corrected chi connectivity index (χ1v) is 37.1. The Bertz CT molecular complexity index is 4970. The predicted octanol–water partition coefficient (Wildman–Crippen LogP) is 13.3. The minimum absolute atomic E-state index is 0.0258. The molecule has 586 valence electrons. The molecule has 7 heterocycles. The van der Waals surface area contributed by atoms with Crippen molar-refractivity contribution >= 4 is 70.2 Å². The summed E-state index contributed by atoms with van der Waals surface area (Å²) in [6.07, 6.45) is 3.58. The monoisotopic (exact) mass is 1550 g/mol. The molecule has 7 atom stereocenters. The minimum atomic E-state index is -2.51. The van der Waals surface area contributed by atoms with Crippen molar-refractivity contribution in [1.29, 1.82) is 0 Å². The molecule has 7 aliphatic rings. The Hall–Kier alpha value is -12.6. The van der Waals surface area contributed by atoms with E-state index in [1.54, 1.807) is 56.6 Å². The fourth-order valence-corrected chi connectivity index (χ4v) is 14.5. The molecule has 0 radical (unpaired) electrons. The van der Waals surface area contributed by atoms with E-state index in [9.17, 15) is 42.8 Å². The van der Waals surface area contributed by atoms with E-state index in [1.807, 2.05) is 143 Å². The lowest BCUT2D eigenvalue weighted by atomic mass is 10.1. The summed E-state index contributed by atoms with van der Waals surface area (Å²) in [5.74, 6) is 2.44. The Labute approximate surface area is 656 Å². The van der Waals surface area contributed by atoms with Gasteiger partial charge in [0.2, 0.25) is 0 Å². The van der Waals surface area contributed by atoms with Crippen molar-refractivity contribution in [2.75, 3.05) is 72.4 Å². The van der Waals surface area contributed by atoms with Crippen molar-refractivity contribution < 1.29 is 84.5 Å². The number of fused-ring (bicyclic) bond motifs is 6. The summed E-state index contributed by atoms with van der Waals surface area (Å²) < 4.78 is 76.7. The van der Waals surface area contributed by atoms with Crippen LogP contribution in [-0.4, -0.2) is 168 Å². The van der Waals surface area contributed by atoms with Crippen LogP contribution >= 0.6 is 0 Å². The highest BCUT2D eigenvalue weighted by molar-refractivity contribution is 7.74. The van der Waals surface area contributed by atoms with Crippen LogP contribution in [0.3, 0.4) is 0 Å². The van der Waals surface area contributed by atoms with Gasteiger partial charge in [-0.2, -0.15) is 4.21 Å². The Kier molecular flexibility index (Phi) is 25.8. The molecule has 15 rings (SSSR count). The third-order valence-electron chi connectivity index (χ3n) is 19.7. The van der Waals surface area contributed by atoms with E-state index in [2.05, 4.69) is 41.9 Å². The fraction of sp³-hybridized carbons (Fsp3) is 0.271. The molecule has 4 amide bonds. The normalized spacial score (nSPS) is 19.1. The second kappa shape index (κ2) is 36.5. The largest absolute Gasteiger partial charge is 0.493 e. The van der Waals surface area contributed by atoms with Crippen LogP contribution in [0.2, 0.25) is 0 Å². The number of hydrogen-bond acceptors (Lipinski definition) is 21. The highest BCUT2D eigenvalue weighted by atomic mass is 32.2. The summed E-state index contributed by atoms with van der Waals surface area (Å²) in [6.45, 7) is 18.8. The van der Waals surface area contributed by atoms with E-state index in [0.29, 0.717) is 132 Å². The van der Waals surface area contributed by atoms with Gasteiger partial charge in [-0.1, -0.05) is 170 Å². The van der Waals surface area contributed by atoms with Crippen LogP contribution in [0.25, 0.3) is 0 Å². The van der Waals surface area contributed by atoms with Gasteiger partial charge >= 0.3 is 11.4 Å². The number of methoxy groups -OCH3 is 5. The zero-order valence-electron chi connectivity index (χ0n) is 63.0. The zero-order valence-corrected chi connectivity index (χ0v) is 63.8. The molecule has 0 saturated carbocycles. The highest BCUT2D eigenvalue weighted by Crippen LogP contribution is 2.44. The molecule has 4 saturated heterocycles. The van der Waals surface area contributed by atoms with Crippen molar-refractivity contribution in [1.82, 2.24) is 19.6 Å². The molecule has 8 aromatic rings. The first kappa shape index (κ1) is 79.9. The molecule has 28 heteroatoms. The van der Waals surface area contributed by atoms with Gasteiger partial charge in [-0.15, -0.1) is 0 Å². The summed E-state index contributed by atoms with van der Waals surface area (Å²) in [4.78, 5) is 85.6. The van der Waals surface area contributed by atoms with Gasteiger partial charge in [0.25, 0.3) is 29.3 Å². The molecular weight excluding hydrogens is 1470 g/mol. The van der Waals surface area contributed by atoms with Crippen LogP contribution in [0.15, 0.2) is 223 Å². The molecule has 27 nitrogen and oxygen atoms in total. The fourth-order valence-electron chi connectivity index (χ4n) is 14.1. The van der Waals surface area contributed by atoms with Crippen LogP contribution in [0.5, 0.6) is 46.0 Å². The highest BCUT2D eigenvalue weighted by Gasteiger charge is 2.45. The number of nitrogens with zero attached hydrogens (tertiary/aromatic N) is 6. The number of rotatable bonds is 22. The molecule has 113 heavy (non-hydrogen) atoms. The Morgan fingerprint density at radius 3 is 1.35 bits per heavy atom. The van der Waals surface area contributed by atoms with Gasteiger partial charge in [-0.3, -0.25) is 38.8 Å². The standard InChI is InChI=1S/C22H24N2O4.C21H22N2O6S.C21H20N2O6.C21H20N2O3/c1-14-9-18-21(27-3)23-17-11-20(28-13-15-7-5-4-6-8-15)19(26-2)10-16(17)22(25)24(18)12-14;1-13-8-17-20(29-30(25)26)22-16-10-19(28-12-14-6-4-3-5-7-14)18(27-2)9-15(16)21(24)23(17)11-13;1-14-8-16(12-24)22(11-14)21(25)17-9-19(28-2)20(10-18(17)23(26)27)29-13-15-6-4-3-5-7-15;1-14-8-16-11-22-18-10-20(26-13-15-6-4-3-5-7-15)19(25-2)9-17(18)21(24)23(16)12-14/h4-8,10-11,18,21,23H,1,9,12-13H2,2-3H3;3-7,9-10,17,20,22H,1,8,11-12H2,2H3,(H,25,26);3-7,9-10,12,16H,1,8,11,13H2,2H3;3-7,9-11,16H,1,8,12-13H2,2H3/t18-,21?;17-,20?;2*16-/m0000/s1. The number of ether oxygens (including phenoxy) is 9. The topological polar surface area (TPSA) is 307 Å². The number of anilines is 2. The van der Waals surface area contributed by atoms with Gasteiger partial charge in [0, 0.05) is 63.8 Å². The Balaban J connectivity index is 0.000000140. The lowest BCUT2D eigenvalue weighted by Crippen LogP contribution is -2.45. The van der Waals surface area contributed by atoms with Crippen molar-refractivity contribution in [3.63, 3.8) is 0 Å². The Morgan fingerprint density at radius 2 is 0.912 bits per heavy atom. The average molecular weight is 1560 g/mol. The number of aliphatic imine (C=N–C) groups is 1. The number of carbonyl (C=O) groups excluding carboxylic acids is 5. The quantitative estimate of drug-likeness (QED) is 0.0187. The molecule has 0 aliphatic carbocycles. The maximum Gasteiger partial charge on any atom is 0.304 e. The SMILES string of the molecule is C=C1C[C@@H](C=O)N(C(=O)c2cc(OC)c(OCc3ccccc3)cc2[N+](=O)[O-])C1.C=C1C[C@H]2C(OC)Nc3cc(OCc4ccccc4)c(OC)cc3C(=O)N2C1.C=C1C[C@H]2C(OS(=O)O)Nc3cc(OCc4ccccc4)c(OC)cc3C(=O)N2C1.C=C1C[C@H]2C=Nc3cc(OCc4ccccc4)c(OC)cc3C(=O)N2C1. The maximum atomic E-state index is 13.2. The summed E-state index contributed by atoms with van der Waals surface area (Å²) in [7, 11) is 7.68. The summed E-state index contributed by atoms with van der Waals surface area (Å²) in [5, 5.41) is 18.1. The number of benzene rings is 8. The number of nitro benzene ring substituents is 1. The molecule has 0 spiro atoms. The molecule has 0 aromatic heterocycles. The average Bonchev–Trinajstić information content (AvgIpc) is 1.64. The zero-order chi connectivity index (χ0) is 80.0.